The lowest BCUT2D eigenvalue weighted by atomic mass is 9.96. The van der Waals surface area contributed by atoms with E-state index in [2.05, 4.69) is 104 Å². The Morgan fingerprint density at radius 3 is 2.21 bits per heavy atom. The summed E-state index contributed by atoms with van der Waals surface area (Å²) in [5.41, 5.74) is 10.7. The third-order valence-electron chi connectivity index (χ3n) is 6.63. The van der Waals surface area contributed by atoms with E-state index in [1.807, 2.05) is 18.3 Å². The van der Waals surface area contributed by atoms with Gasteiger partial charge in [0.1, 0.15) is 0 Å². The Morgan fingerprint density at radius 1 is 0.794 bits per heavy atom. The molecule has 0 bridgehead atoms. The molecule has 5 heteroatoms. The maximum absolute atomic E-state index is 5.91. The second-order valence-corrected chi connectivity index (χ2v) is 9.73. The van der Waals surface area contributed by atoms with Gasteiger partial charge < -0.3 is 14.8 Å². The van der Waals surface area contributed by atoms with Crippen LogP contribution in [0.1, 0.15) is 51.4 Å². The number of hydrogen-bond acceptors (Lipinski definition) is 2. The van der Waals surface area contributed by atoms with Crippen LogP contribution in [-0.4, -0.2) is 14.7 Å². The second-order valence-electron chi connectivity index (χ2n) is 9.34. The van der Waals surface area contributed by atoms with E-state index >= 15 is 0 Å². The molecule has 2 aromatic carbocycles. The Kier molecular flexibility index (Phi) is 5.74. The predicted molar refractivity (Wildman–Crippen MR) is 144 cm³/mol. The van der Waals surface area contributed by atoms with E-state index in [-0.39, 0.29) is 12.1 Å². The molecule has 2 aromatic heterocycles. The number of nitrogens with one attached hydrogen (secondary N) is 1. The summed E-state index contributed by atoms with van der Waals surface area (Å²) in [6.07, 6.45) is 1.85. The number of hydrogen-bond donors (Lipinski definition) is 1. The zero-order chi connectivity index (χ0) is 24.0. The normalized spacial score (nSPS) is 17.8. The molecule has 34 heavy (non-hydrogen) atoms. The first-order valence-corrected chi connectivity index (χ1v) is 12.1. The Hall–Kier alpha value is -3.44. The summed E-state index contributed by atoms with van der Waals surface area (Å²) in [4.78, 5) is 6.96. The monoisotopic (exact) mass is 466 g/mol. The highest BCUT2D eigenvalue weighted by atomic mass is 32.1. The lowest BCUT2D eigenvalue weighted by Gasteiger charge is -2.28. The predicted octanol–water partition coefficient (Wildman–Crippen LogP) is 6.59. The van der Waals surface area contributed by atoms with Crippen molar-refractivity contribution in [1.82, 2.24) is 14.9 Å². The van der Waals surface area contributed by atoms with E-state index in [0.717, 1.165) is 16.5 Å². The summed E-state index contributed by atoms with van der Waals surface area (Å²) < 4.78 is 2.36. The highest BCUT2D eigenvalue weighted by molar-refractivity contribution is 7.80. The van der Waals surface area contributed by atoms with Crippen molar-refractivity contribution in [3.63, 3.8) is 0 Å². The number of pyridine rings is 1. The number of benzene rings is 2. The van der Waals surface area contributed by atoms with E-state index in [0.29, 0.717) is 0 Å². The number of aromatic nitrogens is 2. The van der Waals surface area contributed by atoms with Gasteiger partial charge in [-0.05, 0) is 112 Å². The van der Waals surface area contributed by atoms with Crippen LogP contribution in [0.2, 0.25) is 0 Å². The number of rotatable bonds is 4. The van der Waals surface area contributed by atoms with E-state index < -0.39 is 0 Å². The molecule has 1 aliphatic rings. The van der Waals surface area contributed by atoms with Gasteiger partial charge in [0.25, 0.3) is 0 Å². The Bertz CT molecular complexity index is 1350. The summed E-state index contributed by atoms with van der Waals surface area (Å²) in [6.45, 7) is 10.8. The maximum atomic E-state index is 5.91. The van der Waals surface area contributed by atoms with Gasteiger partial charge in [-0.15, -0.1) is 0 Å². The number of nitrogens with zero attached hydrogens (tertiary/aromatic N) is 3. The molecule has 1 saturated heterocycles. The van der Waals surface area contributed by atoms with Crippen LogP contribution >= 0.6 is 12.2 Å². The van der Waals surface area contributed by atoms with Gasteiger partial charge in [0.05, 0.1) is 17.8 Å². The smallest absolute Gasteiger partial charge is 0.174 e. The first-order chi connectivity index (χ1) is 16.3. The summed E-state index contributed by atoms with van der Waals surface area (Å²) in [5, 5.41) is 4.31. The number of thiocarbonyl (C=S) groups is 1. The van der Waals surface area contributed by atoms with Crippen molar-refractivity contribution in [2.24, 2.45) is 0 Å². The molecule has 0 unspecified atom stereocenters. The fourth-order valence-electron chi connectivity index (χ4n) is 5.29. The molecule has 1 fully saturated rings. The highest BCUT2D eigenvalue weighted by Gasteiger charge is 2.42. The summed E-state index contributed by atoms with van der Waals surface area (Å²) >= 11 is 5.91. The first-order valence-electron chi connectivity index (χ1n) is 11.7. The van der Waals surface area contributed by atoms with Crippen molar-refractivity contribution in [2.75, 3.05) is 4.90 Å². The van der Waals surface area contributed by atoms with Crippen molar-refractivity contribution in [3.8, 4) is 5.69 Å². The molecule has 4 nitrogen and oxygen atoms in total. The SMILES string of the molecule is Cc1cccc(N2C(=S)N[C@@H](c3ccccn3)[C@H]2c2cc(C)n(-c3cc(C)cc(C)c3)c2C)c1. The van der Waals surface area contributed by atoms with Crippen LogP contribution in [0.3, 0.4) is 0 Å². The van der Waals surface area contributed by atoms with Crippen LogP contribution in [0.25, 0.3) is 5.69 Å². The molecule has 5 rings (SSSR count). The Balaban J connectivity index is 1.70. The molecule has 1 N–H and O–H groups in total. The maximum Gasteiger partial charge on any atom is 0.174 e. The molecule has 172 valence electrons. The number of anilines is 1. The van der Waals surface area contributed by atoms with E-state index in [1.165, 1.54) is 39.3 Å². The number of aryl methyl sites for hydroxylation is 4. The van der Waals surface area contributed by atoms with Gasteiger partial charge in [0.2, 0.25) is 0 Å². The first kappa shape index (κ1) is 22.4. The molecule has 0 amide bonds. The van der Waals surface area contributed by atoms with Crippen LogP contribution in [0, 0.1) is 34.6 Å². The van der Waals surface area contributed by atoms with Crippen LogP contribution in [-0.2, 0) is 0 Å². The molecule has 2 atom stereocenters. The molecule has 3 heterocycles. The standard InChI is InChI=1S/C29H30N4S/c1-18-9-8-10-23(14-18)33-28(27(31-29(33)34)26-11-6-7-12-30-26)25-17-21(4)32(22(25)5)24-15-19(2)13-20(3)16-24/h6-17,27-28H,1-5H3,(H,31,34)/t27-,28+/m0/s1. The van der Waals surface area contributed by atoms with Crippen LogP contribution in [0.15, 0.2) is 72.9 Å². The van der Waals surface area contributed by atoms with Crippen LogP contribution < -0.4 is 10.2 Å². The Labute approximate surface area is 207 Å². The minimum absolute atomic E-state index is 0.0185. The second kappa shape index (κ2) is 8.73. The molecular formula is C29H30N4S. The lowest BCUT2D eigenvalue weighted by Crippen LogP contribution is -2.29. The largest absolute Gasteiger partial charge is 0.351 e. The zero-order valence-electron chi connectivity index (χ0n) is 20.3. The third-order valence-corrected chi connectivity index (χ3v) is 6.95. The van der Waals surface area contributed by atoms with Gasteiger partial charge in [-0.3, -0.25) is 4.98 Å². The van der Waals surface area contributed by atoms with Gasteiger partial charge in [-0.25, -0.2) is 0 Å². The molecule has 0 aliphatic carbocycles. The molecule has 0 spiro atoms. The molecular weight excluding hydrogens is 436 g/mol. The van der Waals surface area contributed by atoms with Crippen molar-refractivity contribution < 1.29 is 0 Å². The molecule has 0 radical (unpaired) electrons. The third kappa shape index (κ3) is 3.90. The fraction of sp³-hybridized carbons (Fsp3) is 0.241. The molecule has 1 aliphatic heterocycles. The van der Waals surface area contributed by atoms with E-state index in [9.17, 15) is 0 Å². The van der Waals surface area contributed by atoms with Crippen LogP contribution in [0.4, 0.5) is 5.69 Å². The van der Waals surface area contributed by atoms with Crippen LogP contribution in [0.5, 0.6) is 0 Å². The lowest BCUT2D eigenvalue weighted by molar-refractivity contribution is 0.565. The van der Waals surface area contributed by atoms with Crippen molar-refractivity contribution in [2.45, 2.75) is 46.7 Å². The molecule has 0 saturated carbocycles. The highest BCUT2D eigenvalue weighted by Crippen LogP contribution is 2.43. The van der Waals surface area contributed by atoms with Gasteiger partial charge in [-0.2, -0.15) is 0 Å². The quantitative estimate of drug-likeness (QED) is 0.344. The van der Waals surface area contributed by atoms with Gasteiger partial charge in [-0.1, -0.05) is 24.3 Å². The van der Waals surface area contributed by atoms with Crippen molar-refractivity contribution in [3.05, 3.63) is 112 Å². The van der Waals surface area contributed by atoms with Gasteiger partial charge >= 0.3 is 0 Å². The van der Waals surface area contributed by atoms with Crippen molar-refractivity contribution in [1.29, 1.82) is 0 Å². The molecule has 4 aromatic rings. The van der Waals surface area contributed by atoms with E-state index in [4.69, 9.17) is 17.2 Å². The fourth-order valence-corrected chi connectivity index (χ4v) is 5.64. The average Bonchev–Trinajstić information content (AvgIpc) is 3.29. The Morgan fingerprint density at radius 2 is 1.53 bits per heavy atom. The zero-order valence-corrected chi connectivity index (χ0v) is 21.1. The van der Waals surface area contributed by atoms with Crippen molar-refractivity contribution >= 4 is 23.0 Å². The van der Waals surface area contributed by atoms with Gasteiger partial charge in [0, 0.05) is 29.0 Å². The summed E-state index contributed by atoms with van der Waals surface area (Å²) in [5.74, 6) is 0. The minimum atomic E-state index is -0.0533. The summed E-state index contributed by atoms with van der Waals surface area (Å²) in [7, 11) is 0. The van der Waals surface area contributed by atoms with E-state index in [1.54, 1.807) is 0 Å². The van der Waals surface area contributed by atoms with Gasteiger partial charge in [0.15, 0.2) is 5.11 Å². The minimum Gasteiger partial charge on any atom is -0.351 e. The topological polar surface area (TPSA) is 33.1 Å². The average molecular weight is 467 g/mol. The summed E-state index contributed by atoms with van der Waals surface area (Å²) in [6, 6.07) is 23.6.